The molecule has 1 aromatic heterocycles. The highest BCUT2D eigenvalue weighted by Crippen LogP contribution is 2.15. The van der Waals surface area contributed by atoms with E-state index in [-0.39, 0.29) is 12.2 Å². The van der Waals surface area contributed by atoms with Gasteiger partial charge < -0.3 is 10.6 Å². The molecule has 0 saturated carbocycles. The van der Waals surface area contributed by atoms with Crippen molar-refractivity contribution < 1.29 is 9.72 Å². The van der Waals surface area contributed by atoms with E-state index < -0.39 is 11.0 Å². The van der Waals surface area contributed by atoms with Gasteiger partial charge in [-0.2, -0.15) is 5.21 Å². The fraction of sp³-hybridized carbons (Fsp3) is 0.111. The lowest BCUT2D eigenvalue weighted by Crippen LogP contribution is -2.28. The number of nitro benzene ring substituents is 1. The summed E-state index contributed by atoms with van der Waals surface area (Å²) in [4.78, 5) is 21.4. The molecule has 0 aliphatic rings. The van der Waals surface area contributed by atoms with Crippen molar-refractivity contribution in [2.75, 3.05) is 5.32 Å². The van der Waals surface area contributed by atoms with Crippen LogP contribution < -0.4 is 10.6 Å². The molecule has 10 nitrogen and oxygen atoms in total. The van der Waals surface area contributed by atoms with Crippen molar-refractivity contribution in [3.05, 3.63) is 40.2 Å². The molecule has 2 amide bonds. The van der Waals surface area contributed by atoms with Crippen molar-refractivity contribution in [1.82, 2.24) is 25.9 Å². The highest BCUT2D eigenvalue weighted by molar-refractivity contribution is 5.89. The average molecular weight is 263 g/mol. The van der Waals surface area contributed by atoms with Crippen LogP contribution in [-0.4, -0.2) is 31.6 Å². The number of aromatic amines is 1. The number of anilines is 1. The number of aromatic nitrogens is 4. The summed E-state index contributed by atoms with van der Waals surface area (Å²) in [5.74, 6) is 0.346. The van der Waals surface area contributed by atoms with Crippen LogP contribution in [0.3, 0.4) is 0 Å². The Morgan fingerprint density at radius 2 is 2.11 bits per heavy atom. The summed E-state index contributed by atoms with van der Waals surface area (Å²) in [6.45, 7) is 0.120. The van der Waals surface area contributed by atoms with Gasteiger partial charge in [0.2, 0.25) is 0 Å². The number of carbonyl (C=O) groups excluding carboxylic acids is 1. The number of amides is 2. The maximum atomic E-state index is 11.5. The van der Waals surface area contributed by atoms with Crippen molar-refractivity contribution in [3.63, 3.8) is 0 Å². The molecule has 1 aromatic carbocycles. The third kappa shape index (κ3) is 3.46. The first-order chi connectivity index (χ1) is 9.15. The van der Waals surface area contributed by atoms with Crippen LogP contribution in [0, 0.1) is 10.1 Å². The molecule has 98 valence electrons. The maximum Gasteiger partial charge on any atom is 0.319 e. The minimum Gasteiger partial charge on any atom is -0.330 e. The molecule has 0 unspecified atom stereocenters. The van der Waals surface area contributed by atoms with Gasteiger partial charge >= 0.3 is 6.03 Å². The quantitative estimate of drug-likeness (QED) is 0.540. The number of nitrogens with zero attached hydrogens (tertiary/aromatic N) is 4. The lowest BCUT2D eigenvalue weighted by atomic mass is 10.3. The highest BCUT2D eigenvalue weighted by Gasteiger charge is 2.06. The molecule has 0 bridgehead atoms. The van der Waals surface area contributed by atoms with Gasteiger partial charge in [0.1, 0.15) is 0 Å². The van der Waals surface area contributed by atoms with Crippen molar-refractivity contribution in [1.29, 1.82) is 0 Å². The second-order valence-corrected chi connectivity index (χ2v) is 3.44. The summed E-state index contributed by atoms with van der Waals surface area (Å²) in [6, 6.07) is 5.00. The van der Waals surface area contributed by atoms with Gasteiger partial charge in [-0.1, -0.05) is 5.21 Å². The Hall–Kier alpha value is -3.04. The summed E-state index contributed by atoms with van der Waals surface area (Å²) in [6.07, 6.45) is 0. The lowest BCUT2D eigenvalue weighted by molar-refractivity contribution is -0.384. The zero-order valence-electron chi connectivity index (χ0n) is 9.53. The summed E-state index contributed by atoms with van der Waals surface area (Å²) in [5, 5.41) is 28.4. The van der Waals surface area contributed by atoms with E-state index in [2.05, 4.69) is 31.3 Å². The summed E-state index contributed by atoms with van der Waals surface area (Å²) < 4.78 is 0. The molecule has 0 atom stereocenters. The Morgan fingerprint density at radius 1 is 1.37 bits per heavy atom. The SMILES string of the molecule is O=C(NCc1nn[nH]n1)Nc1ccc([N+](=O)[O-])cc1. The number of carbonyl (C=O) groups is 1. The molecular weight excluding hydrogens is 254 g/mol. The van der Waals surface area contributed by atoms with Crippen molar-refractivity contribution in [2.45, 2.75) is 6.54 Å². The van der Waals surface area contributed by atoms with Gasteiger partial charge in [-0.25, -0.2) is 4.79 Å². The molecule has 0 aliphatic carbocycles. The molecule has 0 fully saturated rings. The van der Waals surface area contributed by atoms with Crippen LogP contribution in [0.5, 0.6) is 0 Å². The fourth-order valence-corrected chi connectivity index (χ4v) is 1.26. The van der Waals surface area contributed by atoms with E-state index in [0.29, 0.717) is 11.5 Å². The molecule has 0 spiro atoms. The maximum absolute atomic E-state index is 11.5. The molecule has 0 saturated heterocycles. The normalized spacial score (nSPS) is 9.89. The number of non-ortho nitro benzene ring substituents is 1. The molecule has 2 aromatic rings. The molecule has 1 heterocycles. The Labute approximate surface area is 106 Å². The minimum atomic E-state index is -0.514. The Balaban J connectivity index is 1.86. The number of H-pyrrole nitrogens is 1. The van der Waals surface area contributed by atoms with Gasteiger partial charge in [0.25, 0.3) is 5.69 Å². The Kier molecular flexibility index (Phi) is 3.61. The van der Waals surface area contributed by atoms with Gasteiger partial charge in [-0.3, -0.25) is 10.1 Å². The number of benzene rings is 1. The first kappa shape index (κ1) is 12.4. The number of nitrogens with one attached hydrogen (secondary N) is 3. The standard InChI is InChI=1S/C9H9N7O3/c17-9(10-5-8-12-14-15-13-8)11-6-1-3-7(4-2-6)16(18)19/h1-4H,5H2,(H2,10,11,17)(H,12,13,14,15). The molecule has 3 N–H and O–H groups in total. The lowest BCUT2D eigenvalue weighted by Gasteiger charge is -2.05. The first-order valence-corrected chi connectivity index (χ1v) is 5.17. The number of urea groups is 1. The van der Waals surface area contributed by atoms with Gasteiger partial charge in [0.15, 0.2) is 5.82 Å². The monoisotopic (exact) mass is 263 g/mol. The smallest absolute Gasteiger partial charge is 0.319 e. The van der Waals surface area contributed by atoms with Crippen LogP contribution >= 0.6 is 0 Å². The van der Waals surface area contributed by atoms with Crippen LogP contribution in [0.1, 0.15) is 5.82 Å². The topological polar surface area (TPSA) is 139 Å². The van der Waals surface area contributed by atoms with Gasteiger partial charge in [0, 0.05) is 17.8 Å². The molecule has 2 rings (SSSR count). The van der Waals surface area contributed by atoms with E-state index >= 15 is 0 Å². The largest absolute Gasteiger partial charge is 0.330 e. The van der Waals surface area contributed by atoms with Crippen LogP contribution in [0.2, 0.25) is 0 Å². The summed E-state index contributed by atoms with van der Waals surface area (Å²) in [7, 11) is 0. The van der Waals surface area contributed by atoms with Gasteiger partial charge in [0.05, 0.1) is 11.5 Å². The van der Waals surface area contributed by atoms with Crippen LogP contribution in [0.15, 0.2) is 24.3 Å². The highest BCUT2D eigenvalue weighted by atomic mass is 16.6. The van der Waals surface area contributed by atoms with Crippen LogP contribution in [0.25, 0.3) is 0 Å². The summed E-state index contributed by atoms with van der Waals surface area (Å²) >= 11 is 0. The van der Waals surface area contributed by atoms with E-state index in [1.807, 2.05) is 0 Å². The Bertz CT molecular complexity index is 566. The zero-order chi connectivity index (χ0) is 13.7. The van der Waals surface area contributed by atoms with Crippen LogP contribution in [0.4, 0.5) is 16.2 Å². The summed E-state index contributed by atoms with van der Waals surface area (Å²) in [5.41, 5.74) is 0.397. The Morgan fingerprint density at radius 3 is 2.68 bits per heavy atom. The third-order valence-corrected chi connectivity index (χ3v) is 2.13. The zero-order valence-corrected chi connectivity index (χ0v) is 9.53. The van der Waals surface area contributed by atoms with E-state index in [9.17, 15) is 14.9 Å². The van der Waals surface area contributed by atoms with Crippen LogP contribution in [-0.2, 0) is 6.54 Å². The molecular formula is C9H9N7O3. The predicted octanol–water partition coefficient (Wildman–Crippen LogP) is 0.430. The number of tetrazole rings is 1. The van der Waals surface area contributed by atoms with Crippen molar-refractivity contribution in [3.8, 4) is 0 Å². The first-order valence-electron chi connectivity index (χ1n) is 5.17. The van der Waals surface area contributed by atoms with E-state index in [1.165, 1.54) is 24.3 Å². The second-order valence-electron chi connectivity index (χ2n) is 3.44. The molecule has 10 heteroatoms. The van der Waals surface area contributed by atoms with E-state index in [1.54, 1.807) is 0 Å². The van der Waals surface area contributed by atoms with Crippen molar-refractivity contribution >= 4 is 17.4 Å². The fourth-order valence-electron chi connectivity index (χ4n) is 1.26. The molecule has 0 aliphatic heterocycles. The average Bonchev–Trinajstić information content (AvgIpc) is 2.90. The number of rotatable bonds is 4. The van der Waals surface area contributed by atoms with Crippen molar-refractivity contribution in [2.24, 2.45) is 0 Å². The molecule has 19 heavy (non-hydrogen) atoms. The number of hydrogen-bond acceptors (Lipinski definition) is 6. The minimum absolute atomic E-state index is 0.0437. The van der Waals surface area contributed by atoms with Gasteiger partial charge in [-0.05, 0) is 12.1 Å². The van der Waals surface area contributed by atoms with Gasteiger partial charge in [-0.15, -0.1) is 10.2 Å². The number of nitro groups is 1. The molecule has 0 radical (unpaired) electrons. The second kappa shape index (κ2) is 5.53. The van der Waals surface area contributed by atoms with E-state index in [0.717, 1.165) is 0 Å². The third-order valence-electron chi connectivity index (χ3n) is 2.13. The number of hydrogen-bond donors (Lipinski definition) is 3. The predicted molar refractivity (Wildman–Crippen MR) is 63.1 cm³/mol. The van der Waals surface area contributed by atoms with E-state index in [4.69, 9.17) is 0 Å².